The number of ether oxygens (including phenoxy) is 7. The highest BCUT2D eigenvalue weighted by Crippen LogP contribution is 2.38. The first-order valence-electron chi connectivity index (χ1n) is 19.1. The van der Waals surface area contributed by atoms with Gasteiger partial charge in [-0.15, -0.1) is 0 Å². The fourth-order valence-electron chi connectivity index (χ4n) is 7.07. The Bertz CT molecular complexity index is 1310. The number of hydrogen-bond acceptors (Lipinski definition) is 20. The minimum atomic E-state index is -3.05. The van der Waals surface area contributed by atoms with Gasteiger partial charge in [-0.3, -0.25) is 14.4 Å². The molecule has 0 aliphatic carbocycles. The number of aliphatic hydroxyl groups is 9. The van der Waals surface area contributed by atoms with Crippen LogP contribution in [0.5, 0.6) is 0 Å². The van der Waals surface area contributed by atoms with E-state index in [2.05, 4.69) is 15.4 Å². The number of carboxylic acid groups (broad SMARTS) is 1. The number of carbonyl (C=O) groups excluding carboxylic acids is 3. The van der Waals surface area contributed by atoms with E-state index in [9.17, 15) is 70.2 Å². The van der Waals surface area contributed by atoms with Crippen molar-refractivity contribution in [3.8, 4) is 0 Å². The Labute approximate surface area is 334 Å². The summed E-state index contributed by atoms with van der Waals surface area (Å²) in [6.07, 6.45) is -20.3. The molecule has 3 heterocycles. The third-order valence-corrected chi connectivity index (χ3v) is 10.1. The van der Waals surface area contributed by atoms with E-state index < -0.39 is 142 Å². The fourth-order valence-corrected chi connectivity index (χ4v) is 7.07. The highest BCUT2D eigenvalue weighted by Gasteiger charge is 2.60. The van der Waals surface area contributed by atoms with E-state index >= 15 is 0 Å². The number of unbranched alkanes of at least 4 members (excludes halogenated alkanes) is 5. The molecular formula is C35H60N2O21. The summed E-state index contributed by atoms with van der Waals surface area (Å²) in [7, 11) is 1.33. The average molecular weight is 845 g/mol. The maximum Gasteiger partial charge on any atom is 0.364 e. The van der Waals surface area contributed by atoms with E-state index in [1.165, 1.54) is 7.11 Å². The van der Waals surface area contributed by atoms with E-state index in [-0.39, 0.29) is 12.6 Å². The molecule has 3 saturated heterocycles. The van der Waals surface area contributed by atoms with Crippen LogP contribution in [0.4, 0.5) is 0 Å². The van der Waals surface area contributed by atoms with Gasteiger partial charge in [0.2, 0.25) is 11.8 Å². The van der Waals surface area contributed by atoms with Gasteiger partial charge in [0.25, 0.3) is 5.79 Å². The first kappa shape index (κ1) is 49.6. The van der Waals surface area contributed by atoms with Crippen molar-refractivity contribution in [3.63, 3.8) is 0 Å². The van der Waals surface area contributed by atoms with Gasteiger partial charge in [0.05, 0.1) is 39.1 Å². The molecule has 3 aliphatic rings. The van der Waals surface area contributed by atoms with E-state index in [0.29, 0.717) is 19.3 Å². The van der Waals surface area contributed by atoms with Crippen LogP contribution in [0, 0.1) is 0 Å². The molecule has 3 aliphatic heterocycles. The van der Waals surface area contributed by atoms with Crippen LogP contribution in [0.3, 0.4) is 0 Å². The maximum atomic E-state index is 12.9. The van der Waals surface area contributed by atoms with Crippen LogP contribution in [0.1, 0.15) is 65.2 Å². The number of amides is 2. The van der Waals surface area contributed by atoms with Gasteiger partial charge in [-0.05, 0) is 12.8 Å². The number of aliphatic carboxylic acids is 1. The highest BCUT2D eigenvalue weighted by molar-refractivity contribution is 5.76. The van der Waals surface area contributed by atoms with Gasteiger partial charge < -0.3 is 94.9 Å². The molecule has 16 atom stereocenters. The lowest BCUT2D eigenvalue weighted by Crippen LogP contribution is -2.71. The van der Waals surface area contributed by atoms with Gasteiger partial charge in [0, 0.05) is 33.3 Å². The van der Waals surface area contributed by atoms with Crippen LogP contribution in [0.25, 0.3) is 0 Å². The molecule has 12 N–H and O–H groups in total. The van der Waals surface area contributed by atoms with Crippen LogP contribution in [-0.4, -0.2) is 206 Å². The number of rotatable bonds is 22. The molecule has 3 rings (SSSR count). The lowest BCUT2D eigenvalue weighted by Gasteiger charge is -2.51. The summed E-state index contributed by atoms with van der Waals surface area (Å²) >= 11 is 0. The standard InChI is InChI=1S/C35H60N2O21/c1-16(41)36-23-18(43)12-35(34(50)51,57-30(23)25(46)19(44)13-38)58-31-27(48)21(15-40)55-33(28(31)49)56-29-24(37-17(2)42)32(54-20(14-39)26(29)47)53-11-9-7-5-4-6-8-10-22(45)52-3/h18-21,23-33,38-40,43-44,46-49H,4-15H2,1-3H3,(H,36,41)(H,37,42)(H,50,51)/t18?,19?,20?,21?,23-,24?,25?,26?,27-,28?,29+,30?,31?,32?,33?,35+/m1/s1. The Morgan fingerprint density at radius 3 is 1.88 bits per heavy atom. The van der Waals surface area contributed by atoms with Crippen LogP contribution in [-0.2, 0) is 52.3 Å². The zero-order chi connectivity index (χ0) is 43.3. The average Bonchev–Trinajstić information content (AvgIpc) is 3.18. The summed E-state index contributed by atoms with van der Waals surface area (Å²) in [6.45, 7) is -0.513. The van der Waals surface area contributed by atoms with Crippen molar-refractivity contribution >= 4 is 23.8 Å². The summed E-state index contributed by atoms with van der Waals surface area (Å²) in [5, 5.41) is 111. The minimum absolute atomic E-state index is 0.0953. The van der Waals surface area contributed by atoms with Gasteiger partial charge in [-0.25, -0.2) is 4.79 Å². The van der Waals surface area contributed by atoms with Crippen molar-refractivity contribution in [1.82, 2.24) is 10.6 Å². The number of carboxylic acids is 1. The molecule has 23 nitrogen and oxygen atoms in total. The van der Waals surface area contributed by atoms with E-state index in [1.54, 1.807) is 0 Å². The zero-order valence-corrected chi connectivity index (χ0v) is 32.6. The smallest absolute Gasteiger partial charge is 0.364 e. The van der Waals surface area contributed by atoms with Gasteiger partial charge in [0.15, 0.2) is 12.6 Å². The predicted molar refractivity (Wildman–Crippen MR) is 190 cm³/mol. The van der Waals surface area contributed by atoms with Gasteiger partial charge in [-0.1, -0.05) is 25.7 Å². The molecular weight excluding hydrogens is 784 g/mol. The molecule has 0 aromatic carbocycles. The molecule has 58 heavy (non-hydrogen) atoms. The Balaban J connectivity index is 1.84. The molecule has 12 unspecified atom stereocenters. The van der Waals surface area contributed by atoms with Crippen molar-refractivity contribution in [2.24, 2.45) is 0 Å². The molecule has 0 bridgehead atoms. The molecule has 0 spiro atoms. The summed E-state index contributed by atoms with van der Waals surface area (Å²) < 4.78 is 39.3. The van der Waals surface area contributed by atoms with Crippen molar-refractivity contribution in [1.29, 1.82) is 0 Å². The third-order valence-electron chi connectivity index (χ3n) is 10.1. The topological polar surface area (TPSA) is 359 Å². The second kappa shape index (κ2) is 23.3. The quantitative estimate of drug-likeness (QED) is 0.0358. The fraction of sp³-hybridized carbons (Fsp3) is 0.886. The molecule has 3 fully saturated rings. The molecule has 2 amide bonds. The van der Waals surface area contributed by atoms with Gasteiger partial charge in [0.1, 0.15) is 67.1 Å². The van der Waals surface area contributed by atoms with E-state index in [4.69, 9.17) is 28.4 Å². The van der Waals surface area contributed by atoms with Crippen molar-refractivity contribution < 1.29 is 103 Å². The highest BCUT2D eigenvalue weighted by atomic mass is 16.8. The lowest BCUT2D eigenvalue weighted by atomic mass is 9.88. The second-order valence-corrected chi connectivity index (χ2v) is 14.5. The summed E-state index contributed by atoms with van der Waals surface area (Å²) in [6, 6.07) is -2.90. The number of nitrogens with one attached hydrogen (secondary N) is 2. The molecule has 0 radical (unpaired) electrons. The molecule has 0 aromatic rings. The summed E-state index contributed by atoms with van der Waals surface area (Å²) in [4.78, 5) is 48.4. The third kappa shape index (κ3) is 12.9. The normalized spacial score (nSPS) is 36.4. The Hall–Kier alpha value is -2.72. The first-order chi connectivity index (χ1) is 27.4. The van der Waals surface area contributed by atoms with E-state index in [0.717, 1.165) is 39.5 Å². The van der Waals surface area contributed by atoms with Crippen molar-refractivity contribution in [2.45, 2.75) is 163 Å². The number of methoxy groups -OCH3 is 1. The second-order valence-electron chi connectivity index (χ2n) is 14.5. The lowest BCUT2D eigenvalue weighted by molar-refractivity contribution is -0.381. The van der Waals surface area contributed by atoms with Crippen LogP contribution in [0.2, 0.25) is 0 Å². The Kier molecular flexibility index (Phi) is 20.0. The van der Waals surface area contributed by atoms with Crippen LogP contribution >= 0.6 is 0 Å². The molecule has 336 valence electrons. The Morgan fingerprint density at radius 2 is 1.33 bits per heavy atom. The largest absolute Gasteiger partial charge is 0.477 e. The first-order valence-corrected chi connectivity index (χ1v) is 19.1. The summed E-state index contributed by atoms with van der Waals surface area (Å²) in [5.74, 6) is -6.69. The van der Waals surface area contributed by atoms with Crippen molar-refractivity contribution in [2.75, 3.05) is 33.5 Å². The zero-order valence-electron chi connectivity index (χ0n) is 32.6. The number of carbonyl (C=O) groups is 4. The van der Waals surface area contributed by atoms with Crippen LogP contribution in [0.15, 0.2) is 0 Å². The maximum absolute atomic E-state index is 12.9. The van der Waals surface area contributed by atoms with Gasteiger partial charge >= 0.3 is 11.9 Å². The number of hydrogen-bond donors (Lipinski definition) is 12. The van der Waals surface area contributed by atoms with Gasteiger partial charge in [-0.2, -0.15) is 0 Å². The van der Waals surface area contributed by atoms with Crippen LogP contribution < -0.4 is 10.6 Å². The van der Waals surface area contributed by atoms with E-state index in [1.807, 2.05) is 0 Å². The minimum Gasteiger partial charge on any atom is -0.477 e. The predicted octanol–water partition coefficient (Wildman–Crippen LogP) is -5.15. The Morgan fingerprint density at radius 1 is 0.776 bits per heavy atom. The SMILES string of the molecule is COC(=O)CCCCCCCCOC1OC(CO)C(O)[C@@H](OC2OC(CO)[C@@H](O)C(O[C@]3(C(=O)O)CC(O)[C@@H](NC(C)=O)C(C(O)C(O)CO)O3)C2O)C1NC(C)=O. The number of esters is 1. The van der Waals surface area contributed by atoms with Crippen molar-refractivity contribution in [3.05, 3.63) is 0 Å². The summed E-state index contributed by atoms with van der Waals surface area (Å²) in [5.41, 5.74) is 0. The monoisotopic (exact) mass is 844 g/mol. The number of aliphatic hydroxyl groups excluding tert-OH is 9. The molecule has 23 heteroatoms. The molecule has 0 aromatic heterocycles. The molecule has 0 saturated carbocycles.